The van der Waals surface area contributed by atoms with E-state index in [9.17, 15) is 4.79 Å². The molecule has 0 radical (unpaired) electrons. The second-order valence-corrected chi connectivity index (χ2v) is 6.82. The molecule has 0 saturated carbocycles. The van der Waals surface area contributed by atoms with Crippen molar-refractivity contribution in [3.8, 4) is 11.3 Å². The highest BCUT2D eigenvalue weighted by Crippen LogP contribution is 2.27. The van der Waals surface area contributed by atoms with E-state index in [1.807, 2.05) is 0 Å². The van der Waals surface area contributed by atoms with E-state index in [0.717, 1.165) is 5.56 Å². The molecule has 0 aliphatic carbocycles. The second kappa shape index (κ2) is 8.10. The zero-order chi connectivity index (χ0) is 18.7. The summed E-state index contributed by atoms with van der Waals surface area (Å²) in [6.07, 6.45) is 1.42. The van der Waals surface area contributed by atoms with Gasteiger partial charge in [0, 0.05) is 16.1 Å². The topological polar surface area (TPSA) is 70.1 Å². The number of nitrogens with zero attached hydrogens (tertiary/aromatic N) is 2. The van der Waals surface area contributed by atoms with Crippen molar-refractivity contribution in [2.45, 2.75) is 0 Å². The highest BCUT2D eigenvalue weighted by atomic mass is 35.5. The lowest BCUT2D eigenvalue weighted by molar-refractivity contribution is 0.0950. The van der Waals surface area contributed by atoms with E-state index >= 15 is 0 Å². The summed E-state index contributed by atoms with van der Waals surface area (Å²) in [7, 11) is 0. The van der Waals surface area contributed by atoms with Crippen LogP contribution in [0.25, 0.3) is 11.3 Å². The molecule has 5 nitrogen and oxygen atoms in total. The first-order chi connectivity index (χ1) is 12.4. The van der Waals surface area contributed by atoms with Crippen molar-refractivity contribution in [3.63, 3.8) is 0 Å². The molecule has 1 heterocycles. The number of carbonyl (C=O) groups is 1. The number of aromatic amines is 1. The van der Waals surface area contributed by atoms with Crippen molar-refractivity contribution in [2.75, 3.05) is 0 Å². The van der Waals surface area contributed by atoms with Crippen molar-refractivity contribution in [2.24, 2.45) is 5.10 Å². The fourth-order valence-corrected chi connectivity index (χ4v) is 2.82. The highest BCUT2D eigenvalue weighted by molar-refractivity contribution is 6.42. The van der Waals surface area contributed by atoms with Crippen molar-refractivity contribution in [3.05, 3.63) is 73.8 Å². The van der Waals surface area contributed by atoms with Crippen LogP contribution in [0.15, 0.2) is 47.6 Å². The molecular weight excluding hydrogens is 418 g/mol. The smallest absolute Gasteiger partial charge is 0.272 e. The first-order valence-corrected chi connectivity index (χ1v) is 8.74. The van der Waals surface area contributed by atoms with Gasteiger partial charge in [0.25, 0.3) is 5.91 Å². The van der Waals surface area contributed by atoms with E-state index in [-0.39, 0.29) is 5.69 Å². The summed E-state index contributed by atoms with van der Waals surface area (Å²) in [4.78, 5) is 12.1. The molecule has 0 atom stereocenters. The van der Waals surface area contributed by atoms with E-state index in [2.05, 4.69) is 20.7 Å². The molecule has 9 heteroatoms. The van der Waals surface area contributed by atoms with Crippen LogP contribution in [0, 0.1) is 0 Å². The average molecular weight is 428 g/mol. The molecule has 2 aromatic carbocycles. The van der Waals surface area contributed by atoms with Gasteiger partial charge in [0.2, 0.25) is 0 Å². The molecule has 3 aromatic rings. The first kappa shape index (κ1) is 18.7. The molecule has 1 aromatic heterocycles. The standard InChI is InChI=1S/C17H10Cl4N4O/c18-11-3-1-10(13(20)6-11)8-22-25-17(26)16-7-15(23-24-16)9-2-4-12(19)14(21)5-9/h1-8H,(H,23,24)(H,25,26)/b22-8+. The Bertz CT molecular complexity index is 1000. The number of nitrogens with one attached hydrogen (secondary N) is 2. The number of amides is 1. The molecule has 0 bridgehead atoms. The number of aromatic nitrogens is 2. The Hall–Kier alpha value is -2.05. The Balaban J connectivity index is 1.70. The van der Waals surface area contributed by atoms with E-state index in [1.54, 1.807) is 42.5 Å². The maximum absolute atomic E-state index is 12.1. The van der Waals surface area contributed by atoms with E-state index in [4.69, 9.17) is 46.4 Å². The third-order valence-corrected chi connectivity index (χ3v) is 4.67. The van der Waals surface area contributed by atoms with Gasteiger partial charge in [-0.25, -0.2) is 5.43 Å². The molecule has 3 rings (SSSR count). The van der Waals surface area contributed by atoms with Crippen LogP contribution < -0.4 is 5.43 Å². The Morgan fingerprint density at radius 1 is 1.00 bits per heavy atom. The molecule has 0 aliphatic rings. The highest BCUT2D eigenvalue weighted by Gasteiger charge is 2.11. The third-order valence-electron chi connectivity index (χ3n) is 3.37. The van der Waals surface area contributed by atoms with E-state index in [0.29, 0.717) is 31.3 Å². The molecule has 1 amide bonds. The monoisotopic (exact) mass is 426 g/mol. The van der Waals surface area contributed by atoms with Crippen molar-refractivity contribution < 1.29 is 4.79 Å². The number of benzene rings is 2. The van der Waals surface area contributed by atoms with Gasteiger partial charge < -0.3 is 0 Å². The summed E-state index contributed by atoms with van der Waals surface area (Å²) < 4.78 is 0. The fourth-order valence-electron chi connectivity index (χ4n) is 2.07. The van der Waals surface area contributed by atoms with Crippen molar-refractivity contribution >= 4 is 58.5 Å². The van der Waals surface area contributed by atoms with Gasteiger partial charge in [0.05, 0.1) is 27.0 Å². The number of rotatable bonds is 4. The lowest BCUT2D eigenvalue weighted by atomic mass is 10.1. The lowest BCUT2D eigenvalue weighted by Gasteiger charge is -1.99. The summed E-state index contributed by atoms with van der Waals surface area (Å²) in [5, 5.41) is 12.4. The SMILES string of the molecule is O=C(N/N=C/c1ccc(Cl)cc1Cl)c1cc(-c2ccc(Cl)c(Cl)c2)n[nH]1. The molecule has 26 heavy (non-hydrogen) atoms. The number of hydrogen-bond donors (Lipinski definition) is 2. The van der Waals surface area contributed by atoms with Gasteiger partial charge in [-0.2, -0.15) is 10.2 Å². The van der Waals surface area contributed by atoms with Crippen LogP contribution >= 0.6 is 46.4 Å². The summed E-state index contributed by atoms with van der Waals surface area (Å²) in [5.74, 6) is -0.454. The predicted molar refractivity (Wildman–Crippen MR) is 106 cm³/mol. The van der Waals surface area contributed by atoms with Gasteiger partial charge in [0.15, 0.2) is 0 Å². The molecule has 2 N–H and O–H groups in total. The largest absolute Gasteiger partial charge is 0.289 e. The molecule has 0 spiro atoms. The van der Waals surface area contributed by atoms with Crippen LogP contribution in [-0.4, -0.2) is 22.3 Å². The fraction of sp³-hybridized carbons (Fsp3) is 0. The van der Waals surface area contributed by atoms with Crippen LogP contribution in [0.4, 0.5) is 0 Å². The summed E-state index contributed by atoms with van der Waals surface area (Å²) >= 11 is 23.7. The lowest BCUT2D eigenvalue weighted by Crippen LogP contribution is -2.18. The van der Waals surface area contributed by atoms with Gasteiger partial charge in [-0.1, -0.05) is 58.5 Å². The van der Waals surface area contributed by atoms with Crippen LogP contribution in [0.3, 0.4) is 0 Å². The van der Waals surface area contributed by atoms with Gasteiger partial charge in [0.1, 0.15) is 5.69 Å². The summed E-state index contributed by atoms with van der Waals surface area (Å²) in [6, 6.07) is 11.6. The molecule has 0 unspecified atom stereocenters. The Morgan fingerprint density at radius 2 is 1.81 bits per heavy atom. The quantitative estimate of drug-likeness (QED) is 0.429. The molecule has 0 aliphatic heterocycles. The minimum Gasteiger partial charge on any atom is -0.272 e. The number of H-pyrrole nitrogens is 1. The Kier molecular flexibility index (Phi) is 5.84. The molecular formula is C17H10Cl4N4O. The zero-order valence-electron chi connectivity index (χ0n) is 12.9. The van der Waals surface area contributed by atoms with Gasteiger partial charge in [-0.15, -0.1) is 0 Å². The first-order valence-electron chi connectivity index (χ1n) is 7.23. The van der Waals surface area contributed by atoms with Gasteiger partial charge >= 0.3 is 0 Å². The van der Waals surface area contributed by atoms with Gasteiger partial charge in [-0.3, -0.25) is 9.89 Å². The predicted octanol–water partition coefficient (Wildman–Crippen LogP) is 5.45. The third kappa shape index (κ3) is 4.37. The minimum atomic E-state index is -0.454. The maximum Gasteiger partial charge on any atom is 0.289 e. The summed E-state index contributed by atoms with van der Waals surface area (Å²) in [5.41, 5.74) is 4.54. The Labute approximate surface area is 168 Å². The number of carbonyl (C=O) groups excluding carboxylic acids is 1. The normalized spacial score (nSPS) is 11.1. The molecule has 132 valence electrons. The number of hydrogen-bond acceptors (Lipinski definition) is 3. The minimum absolute atomic E-state index is 0.241. The summed E-state index contributed by atoms with van der Waals surface area (Å²) in [6.45, 7) is 0. The van der Waals surface area contributed by atoms with E-state index < -0.39 is 5.91 Å². The zero-order valence-corrected chi connectivity index (χ0v) is 16.0. The number of hydrazone groups is 1. The van der Waals surface area contributed by atoms with Crippen LogP contribution in [0.1, 0.15) is 16.1 Å². The second-order valence-electron chi connectivity index (χ2n) is 5.16. The van der Waals surface area contributed by atoms with Crippen LogP contribution in [0.5, 0.6) is 0 Å². The average Bonchev–Trinajstić information content (AvgIpc) is 3.09. The maximum atomic E-state index is 12.1. The number of halogens is 4. The van der Waals surface area contributed by atoms with Crippen molar-refractivity contribution in [1.29, 1.82) is 0 Å². The Morgan fingerprint density at radius 3 is 2.54 bits per heavy atom. The van der Waals surface area contributed by atoms with E-state index in [1.165, 1.54) is 6.21 Å². The van der Waals surface area contributed by atoms with Crippen LogP contribution in [-0.2, 0) is 0 Å². The molecule has 0 fully saturated rings. The van der Waals surface area contributed by atoms with Crippen molar-refractivity contribution in [1.82, 2.24) is 15.6 Å². The van der Waals surface area contributed by atoms with Gasteiger partial charge in [-0.05, 0) is 30.3 Å². The van der Waals surface area contributed by atoms with Crippen LogP contribution in [0.2, 0.25) is 20.1 Å². The molecule has 0 saturated heterocycles.